The number of unbranched alkanes of at least 4 members (excludes halogenated alkanes) is 3. The standard InChI is InChI=1S/C11H22/c1-2-3-4-5-8-11-9-6-7-10-11/h11H,2-10H2,1H3. The van der Waals surface area contributed by atoms with Crippen molar-refractivity contribution in [1.29, 1.82) is 0 Å². The Labute approximate surface area is 71.4 Å². The van der Waals surface area contributed by atoms with Gasteiger partial charge in [0.05, 0.1) is 0 Å². The van der Waals surface area contributed by atoms with E-state index in [0.29, 0.717) is 0 Å². The van der Waals surface area contributed by atoms with Crippen LogP contribution in [0.1, 0.15) is 64.7 Å². The number of hydrogen-bond acceptors (Lipinski definition) is 0. The van der Waals surface area contributed by atoms with Crippen molar-refractivity contribution < 1.29 is 0 Å². The first-order chi connectivity index (χ1) is 5.43. The molecule has 1 aliphatic carbocycles. The Morgan fingerprint density at radius 2 is 1.73 bits per heavy atom. The van der Waals surface area contributed by atoms with Gasteiger partial charge in [0.15, 0.2) is 0 Å². The van der Waals surface area contributed by atoms with E-state index in [-0.39, 0.29) is 0 Å². The molecule has 0 aromatic carbocycles. The highest BCUT2D eigenvalue weighted by Gasteiger charge is 2.13. The lowest BCUT2D eigenvalue weighted by Gasteiger charge is -2.06. The largest absolute Gasteiger partial charge is 0.0654 e. The second kappa shape index (κ2) is 5.62. The summed E-state index contributed by atoms with van der Waals surface area (Å²) in [4.78, 5) is 0. The smallest absolute Gasteiger partial charge is 0.0414 e. The van der Waals surface area contributed by atoms with Crippen molar-refractivity contribution in [3.05, 3.63) is 0 Å². The van der Waals surface area contributed by atoms with E-state index in [1.807, 2.05) is 0 Å². The molecule has 1 aliphatic rings. The maximum absolute atomic E-state index is 2.29. The summed E-state index contributed by atoms with van der Waals surface area (Å²) in [6.45, 7) is 2.29. The van der Waals surface area contributed by atoms with Crippen LogP contribution in [-0.2, 0) is 0 Å². The van der Waals surface area contributed by atoms with E-state index < -0.39 is 0 Å². The van der Waals surface area contributed by atoms with Gasteiger partial charge in [-0.25, -0.2) is 0 Å². The van der Waals surface area contributed by atoms with Gasteiger partial charge in [0, 0.05) is 0 Å². The van der Waals surface area contributed by atoms with Crippen molar-refractivity contribution in [3.63, 3.8) is 0 Å². The van der Waals surface area contributed by atoms with Gasteiger partial charge in [0.2, 0.25) is 0 Å². The molecule has 66 valence electrons. The highest BCUT2D eigenvalue weighted by Crippen LogP contribution is 2.29. The fourth-order valence-electron chi connectivity index (χ4n) is 2.16. The molecular weight excluding hydrogens is 132 g/mol. The minimum Gasteiger partial charge on any atom is -0.0654 e. The second-order valence-corrected chi connectivity index (χ2v) is 4.00. The second-order valence-electron chi connectivity index (χ2n) is 4.00. The van der Waals surface area contributed by atoms with Gasteiger partial charge >= 0.3 is 0 Å². The summed E-state index contributed by atoms with van der Waals surface area (Å²) in [6.07, 6.45) is 13.4. The lowest BCUT2D eigenvalue weighted by atomic mass is 10.00. The molecule has 0 saturated heterocycles. The predicted molar refractivity (Wildman–Crippen MR) is 50.7 cm³/mol. The van der Waals surface area contributed by atoms with Crippen LogP contribution < -0.4 is 0 Å². The molecule has 0 heterocycles. The molecule has 0 bridgehead atoms. The number of rotatable bonds is 5. The Kier molecular flexibility index (Phi) is 4.65. The van der Waals surface area contributed by atoms with Crippen LogP contribution >= 0.6 is 0 Å². The Balaban J connectivity index is 1.86. The Bertz CT molecular complexity index is 80.0. The topological polar surface area (TPSA) is 0 Å². The third kappa shape index (κ3) is 3.79. The van der Waals surface area contributed by atoms with Gasteiger partial charge in [0.25, 0.3) is 0 Å². The van der Waals surface area contributed by atoms with Gasteiger partial charge in [-0.05, 0) is 5.92 Å². The van der Waals surface area contributed by atoms with Crippen LogP contribution in [0.15, 0.2) is 0 Å². The van der Waals surface area contributed by atoms with Crippen LogP contribution in [0.4, 0.5) is 0 Å². The molecule has 0 spiro atoms. The summed E-state index contributed by atoms with van der Waals surface area (Å²) in [5, 5.41) is 0. The van der Waals surface area contributed by atoms with Gasteiger partial charge in [-0.3, -0.25) is 0 Å². The first kappa shape index (κ1) is 9.09. The summed E-state index contributed by atoms with van der Waals surface area (Å²) < 4.78 is 0. The molecule has 0 aromatic heterocycles. The van der Waals surface area contributed by atoms with Crippen molar-refractivity contribution >= 4 is 0 Å². The highest BCUT2D eigenvalue weighted by atomic mass is 14.2. The Hall–Kier alpha value is 0. The molecule has 0 N–H and O–H groups in total. The fraction of sp³-hybridized carbons (Fsp3) is 1.00. The molecule has 0 amide bonds. The van der Waals surface area contributed by atoms with Gasteiger partial charge in [-0.1, -0.05) is 64.7 Å². The van der Waals surface area contributed by atoms with Crippen molar-refractivity contribution in [2.75, 3.05) is 0 Å². The molecule has 0 aliphatic heterocycles. The third-order valence-corrected chi connectivity index (χ3v) is 2.94. The van der Waals surface area contributed by atoms with Gasteiger partial charge in [-0.15, -0.1) is 0 Å². The first-order valence-electron chi connectivity index (χ1n) is 5.43. The van der Waals surface area contributed by atoms with Gasteiger partial charge in [-0.2, -0.15) is 0 Å². The number of hydrogen-bond donors (Lipinski definition) is 0. The summed E-state index contributed by atoms with van der Waals surface area (Å²) >= 11 is 0. The molecule has 0 radical (unpaired) electrons. The zero-order valence-electron chi connectivity index (χ0n) is 7.94. The van der Waals surface area contributed by atoms with E-state index >= 15 is 0 Å². The lowest BCUT2D eigenvalue weighted by Crippen LogP contribution is -1.92. The monoisotopic (exact) mass is 154 g/mol. The Morgan fingerprint density at radius 1 is 1.00 bits per heavy atom. The lowest BCUT2D eigenvalue weighted by molar-refractivity contribution is 0.467. The average Bonchev–Trinajstić information content (AvgIpc) is 2.50. The van der Waals surface area contributed by atoms with E-state index in [4.69, 9.17) is 0 Å². The van der Waals surface area contributed by atoms with Crippen LogP contribution in [0.5, 0.6) is 0 Å². The van der Waals surface area contributed by atoms with Crippen LogP contribution in [0.2, 0.25) is 0 Å². The fourth-order valence-corrected chi connectivity index (χ4v) is 2.16. The minimum absolute atomic E-state index is 1.12. The normalized spacial score (nSPS) is 19.4. The van der Waals surface area contributed by atoms with E-state index in [1.54, 1.807) is 0 Å². The molecular formula is C11H22. The van der Waals surface area contributed by atoms with Crippen molar-refractivity contribution in [2.24, 2.45) is 5.92 Å². The highest BCUT2D eigenvalue weighted by molar-refractivity contribution is 4.66. The van der Waals surface area contributed by atoms with E-state index in [1.165, 1.54) is 57.8 Å². The van der Waals surface area contributed by atoms with Crippen LogP contribution in [0, 0.1) is 5.92 Å². The minimum atomic E-state index is 1.12. The molecule has 1 saturated carbocycles. The summed E-state index contributed by atoms with van der Waals surface area (Å²) in [6, 6.07) is 0. The van der Waals surface area contributed by atoms with Gasteiger partial charge in [0.1, 0.15) is 0 Å². The predicted octanol–water partition coefficient (Wildman–Crippen LogP) is 4.15. The zero-order valence-corrected chi connectivity index (χ0v) is 7.94. The first-order valence-corrected chi connectivity index (χ1v) is 5.43. The zero-order chi connectivity index (χ0) is 7.94. The van der Waals surface area contributed by atoms with Crippen LogP contribution in [0.3, 0.4) is 0 Å². The van der Waals surface area contributed by atoms with Crippen molar-refractivity contribution in [3.8, 4) is 0 Å². The summed E-state index contributed by atoms with van der Waals surface area (Å²) in [5.41, 5.74) is 0. The van der Waals surface area contributed by atoms with E-state index in [2.05, 4.69) is 6.92 Å². The molecule has 11 heavy (non-hydrogen) atoms. The Morgan fingerprint density at radius 3 is 2.36 bits per heavy atom. The van der Waals surface area contributed by atoms with Gasteiger partial charge < -0.3 is 0 Å². The van der Waals surface area contributed by atoms with Crippen molar-refractivity contribution in [1.82, 2.24) is 0 Å². The maximum Gasteiger partial charge on any atom is -0.0414 e. The SMILES string of the molecule is CCCCCCC1CCCC1. The molecule has 0 heteroatoms. The maximum atomic E-state index is 2.29. The summed E-state index contributed by atoms with van der Waals surface area (Å²) in [7, 11) is 0. The summed E-state index contributed by atoms with van der Waals surface area (Å²) in [5.74, 6) is 1.12. The quantitative estimate of drug-likeness (QED) is 0.522. The molecule has 0 nitrogen and oxygen atoms in total. The van der Waals surface area contributed by atoms with E-state index in [9.17, 15) is 0 Å². The van der Waals surface area contributed by atoms with Crippen molar-refractivity contribution in [2.45, 2.75) is 64.7 Å². The average molecular weight is 154 g/mol. The van der Waals surface area contributed by atoms with Crippen LogP contribution in [-0.4, -0.2) is 0 Å². The molecule has 1 rings (SSSR count). The molecule has 1 fully saturated rings. The molecule has 0 aromatic rings. The third-order valence-electron chi connectivity index (χ3n) is 2.94. The van der Waals surface area contributed by atoms with E-state index in [0.717, 1.165) is 5.92 Å². The van der Waals surface area contributed by atoms with Crippen LogP contribution in [0.25, 0.3) is 0 Å². The molecule has 0 unspecified atom stereocenters. The molecule has 0 atom stereocenters.